The molecule has 1 amide bonds. The minimum absolute atomic E-state index is 0.0657. The van der Waals surface area contributed by atoms with Gasteiger partial charge in [0.25, 0.3) is 0 Å². The van der Waals surface area contributed by atoms with Crippen LogP contribution in [-0.2, 0) is 11.3 Å². The van der Waals surface area contributed by atoms with Crippen LogP contribution in [0.25, 0.3) is 5.69 Å². The second-order valence-corrected chi connectivity index (χ2v) is 8.44. The Balaban J connectivity index is 1.46. The van der Waals surface area contributed by atoms with Crippen LogP contribution in [0.15, 0.2) is 58.3 Å². The highest BCUT2D eigenvalue weighted by Gasteiger charge is 2.20. The Morgan fingerprint density at radius 1 is 1.13 bits per heavy atom. The van der Waals surface area contributed by atoms with Gasteiger partial charge in [0.1, 0.15) is 5.76 Å². The van der Waals surface area contributed by atoms with Crippen LogP contribution in [0, 0.1) is 0 Å². The van der Waals surface area contributed by atoms with Gasteiger partial charge in [-0.15, -0.1) is 10.2 Å². The number of thioether (sulfide) groups is 1. The number of likely N-dealkylation sites (tertiary alicyclic amines) is 1. The number of rotatable bonds is 8. The van der Waals surface area contributed by atoms with Crippen LogP contribution >= 0.6 is 11.8 Å². The van der Waals surface area contributed by atoms with Crippen LogP contribution < -0.4 is 5.32 Å². The van der Waals surface area contributed by atoms with Crippen LogP contribution in [0.4, 0.5) is 0 Å². The first-order valence-electron chi connectivity index (χ1n) is 10.4. The van der Waals surface area contributed by atoms with Crippen LogP contribution in [-0.4, -0.2) is 44.4 Å². The van der Waals surface area contributed by atoms with E-state index in [0.29, 0.717) is 0 Å². The van der Waals surface area contributed by atoms with Crippen LogP contribution in [0.5, 0.6) is 0 Å². The molecular formula is C22H27N5O2S. The number of aromatic nitrogens is 3. The first-order chi connectivity index (χ1) is 14.7. The molecule has 0 bridgehead atoms. The molecule has 0 aliphatic carbocycles. The lowest BCUT2D eigenvalue weighted by molar-refractivity contribution is -0.119. The lowest BCUT2D eigenvalue weighted by Crippen LogP contribution is -2.30. The molecule has 1 saturated heterocycles. The lowest BCUT2D eigenvalue weighted by Gasteiger charge is -2.26. The molecule has 3 aromatic rings. The smallest absolute Gasteiger partial charge is 0.231 e. The SMILES string of the molecule is CC(NC(=O)CSc1nnc(CN2CCCCC2)n1-c1ccccc1)c1ccco1. The van der Waals surface area contributed by atoms with Gasteiger partial charge in [0.05, 0.1) is 24.6 Å². The molecule has 1 fully saturated rings. The fourth-order valence-corrected chi connectivity index (χ4v) is 4.45. The highest BCUT2D eigenvalue weighted by molar-refractivity contribution is 7.99. The van der Waals surface area contributed by atoms with Crippen molar-refractivity contribution in [3.8, 4) is 5.69 Å². The number of benzene rings is 1. The normalized spacial score (nSPS) is 15.8. The summed E-state index contributed by atoms with van der Waals surface area (Å²) in [5, 5.41) is 12.6. The van der Waals surface area contributed by atoms with Crippen molar-refractivity contribution in [2.45, 2.75) is 43.9 Å². The highest BCUT2D eigenvalue weighted by atomic mass is 32.2. The van der Waals surface area contributed by atoms with E-state index in [1.165, 1.54) is 31.0 Å². The molecular weight excluding hydrogens is 398 g/mol. The van der Waals surface area contributed by atoms with Gasteiger partial charge in [-0.3, -0.25) is 14.3 Å². The van der Waals surface area contributed by atoms with Crippen molar-refractivity contribution >= 4 is 17.7 Å². The van der Waals surface area contributed by atoms with Crippen LogP contribution in [0.3, 0.4) is 0 Å². The third-order valence-corrected chi connectivity index (χ3v) is 6.14. The number of carbonyl (C=O) groups excluding carboxylic acids is 1. The zero-order chi connectivity index (χ0) is 20.8. The molecule has 1 aliphatic rings. The van der Waals surface area contributed by atoms with E-state index in [4.69, 9.17) is 4.42 Å². The Bertz CT molecular complexity index is 936. The topological polar surface area (TPSA) is 76.2 Å². The summed E-state index contributed by atoms with van der Waals surface area (Å²) < 4.78 is 7.43. The maximum atomic E-state index is 12.5. The average molecular weight is 426 g/mol. The predicted octanol–water partition coefficient (Wildman–Crippen LogP) is 3.82. The van der Waals surface area contributed by atoms with E-state index >= 15 is 0 Å². The van der Waals surface area contributed by atoms with Gasteiger partial charge in [0, 0.05) is 5.69 Å². The number of para-hydroxylation sites is 1. The molecule has 1 atom stereocenters. The Labute approximate surface area is 180 Å². The zero-order valence-corrected chi connectivity index (χ0v) is 18.0. The third-order valence-electron chi connectivity index (χ3n) is 5.21. The van der Waals surface area contributed by atoms with Gasteiger partial charge in [0.2, 0.25) is 5.91 Å². The number of hydrogen-bond donors (Lipinski definition) is 1. The van der Waals surface area contributed by atoms with Gasteiger partial charge in [-0.2, -0.15) is 0 Å². The quantitative estimate of drug-likeness (QED) is 0.553. The van der Waals surface area contributed by atoms with Gasteiger partial charge in [0.15, 0.2) is 11.0 Å². The summed E-state index contributed by atoms with van der Waals surface area (Å²) in [6, 6.07) is 13.6. The van der Waals surface area contributed by atoms with E-state index in [9.17, 15) is 4.79 Å². The Kier molecular flexibility index (Phi) is 6.86. The molecule has 2 aromatic heterocycles. The summed E-state index contributed by atoms with van der Waals surface area (Å²) in [6.07, 6.45) is 5.37. The van der Waals surface area contributed by atoms with Crippen molar-refractivity contribution in [1.82, 2.24) is 25.0 Å². The van der Waals surface area contributed by atoms with E-state index in [1.54, 1.807) is 6.26 Å². The van der Waals surface area contributed by atoms with E-state index in [1.807, 2.05) is 49.4 Å². The number of hydrogen-bond acceptors (Lipinski definition) is 6. The second kappa shape index (κ2) is 9.95. The number of piperidine rings is 1. The predicted molar refractivity (Wildman–Crippen MR) is 116 cm³/mol. The van der Waals surface area contributed by atoms with Crippen molar-refractivity contribution in [2.24, 2.45) is 0 Å². The van der Waals surface area contributed by atoms with Crippen molar-refractivity contribution in [3.05, 3.63) is 60.3 Å². The van der Waals surface area contributed by atoms with E-state index in [0.717, 1.165) is 42.1 Å². The van der Waals surface area contributed by atoms with Crippen molar-refractivity contribution in [1.29, 1.82) is 0 Å². The minimum Gasteiger partial charge on any atom is -0.467 e. The van der Waals surface area contributed by atoms with Gasteiger partial charge in [-0.1, -0.05) is 36.4 Å². The van der Waals surface area contributed by atoms with Gasteiger partial charge >= 0.3 is 0 Å². The Morgan fingerprint density at radius 3 is 2.67 bits per heavy atom. The Hall–Kier alpha value is -2.58. The molecule has 1 aliphatic heterocycles. The molecule has 8 heteroatoms. The maximum absolute atomic E-state index is 12.5. The minimum atomic E-state index is -0.172. The third kappa shape index (κ3) is 5.12. The van der Waals surface area contributed by atoms with E-state index in [2.05, 4.69) is 25.0 Å². The molecule has 4 rings (SSSR count). The molecule has 30 heavy (non-hydrogen) atoms. The molecule has 0 saturated carbocycles. The average Bonchev–Trinajstić information content (AvgIpc) is 3.44. The van der Waals surface area contributed by atoms with Crippen molar-refractivity contribution < 1.29 is 9.21 Å². The number of nitrogens with one attached hydrogen (secondary N) is 1. The number of carbonyl (C=O) groups is 1. The fraction of sp³-hybridized carbons (Fsp3) is 0.409. The summed E-state index contributed by atoms with van der Waals surface area (Å²) in [6.45, 7) is 4.86. The number of amides is 1. The summed E-state index contributed by atoms with van der Waals surface area (Å²) in [4.78, 5) is 14.9. The molecule has 0 spiro atoms. The monoisotopic (exact) mass is 425 g/mol. The molecule has 3 heterocycles. The summed E-state index contributed by atoms with van der Waals surface area (Å²) in [7, 11) is 0. The van der Waals surface area contributed by atoms with Crippen LogP contribution in [0.1, 0.15) is 43.8 Å². The molecule has 0 radical (unpaired) electrons. The van der Waals surface area contributed by atoms with Gasteiger partial charge in [-0.25, -0.2) is 0 Å². The summed E-state index contributed by atoms with van der Waals surface area (Å²) in [5.74, 6) is 1.85. The van der Waals surface area contributed by atoms with E-state index < -0.39 is 0 Å². The van der Waals surface area contributed by atoms with Crippen molar-refractivity contribution in [2.75, 3.05) is 18.8 Å². The van der Waals surface area contributed by atoms with E-state index in [-0.39, 0.29) is 17.7 Å². The van der Waals surface area contributed by atoms with Crippen LogP contribution in [0.2, 0.25) is 0 Å². The zero-order valence-electron chi connectivity index (χ0n) is 17.2. The first kappa shape index (κ1) is 20.7. The Morgan fingerprint density at radius 2 is 1.93 bits per heavy atom. The van der Waals surface area contributed by atoms with Gasteiger partial charge < -0.3 is 9.73 Å². The molecule has 1 unspecified atom stereocenters. The first-order valence-corrected chi connectivity index (χ1v) is 11.4. The second-order valence-electron chi connectivity index (χ2n) is 7.50. The van der Waals surface area contributed by atoms with Gasteiger partial charge in [-0.05, 0) is 57.1 Å². The fourth-order valence-electron chi connectivity index (χ4n) is 3.67. The number of furan rings is 1. The lowest BCUT2D eigenvalue weighted by atomic mass is 10.1. The molecule has 158 valence electrons. The largest absolute Gasteiger partial charge is 0.467 e. The molecule has 1 N–H and O–H groups in total. The standard InChI is InChI=1S/C22H27N5O2S/c1-17(19-11-8-14-29-19)23-21(28)16-30-22-25-24-20(15-26-12-6-3-7-13-26)27(22)18-9-4-2-5-10-18/h2,4-5,8-11,14,17H,3,6-7,12-13,15-16H2,1H3,(H,23,28). The molecule has 1 aromatic carbocycles. The maximum Gasteiger partial charge on any atom is 0.231 e. The number of nitrogens with zero attached hydrogens (tertiary/aromatic N) is 4. The summed E-state index contributed by atoms with van der Waals surface area (Å²) >= 11 is 1.40. The molecule has 7 nitrogen and oxygen atoms in total. The van der Waals surface area contributed by atoms with Crippen molar-refractivity contribution in [3.63, 3.8) is 0 Å². The highest BCUT2D eigenvalue weighted by Crippen LogP contribution is 2.24. The summed E-state index contributed by atoms with van der Waals surface area (Å²) in [5.41, 5.74) is 1.02.